The number of nitrogens with zero attached hydrogens (tertiary/aromatic N) is 5. The average Bonchev–Trinajstić information content (AvgIpc) is 3.16. The number of rotatable bonds is 3. The molecule has 2 aliphatic rings. The number of hydrazone groups is 1. The van der Waals surface area contributed by atoms with Crippen molar-refractivity contribution < 1.29 is 26.0 Å². The minimum atomic E-state index is -4.63. The van der Waals surface area contributed by atoms with E-state index in [0.29, 0.717) is 24.0 Å². The van der Waals surface area contributed by atoms with Gasteiger partial charge in [-0.1, -0.05) is 19.3 Å². The molecular formula is C21H21F4N7O2S. The second-order valence-corrected chi connectivity index (χ2v) is 10.2. The van der Waals surface area contributed by atoms with Gasteiger partial charge in [-0.3, -0.25) is 9.58 Å². The highest BCUT2D eigenvalue weighted by atomic mass is 32.2. The summed E-state index contributed by atoms with van der Waals surface area (Å²) in [6.45, 7) is 0. The minimum absolute atomic E-state index is 0.00541. The molecule has 0 amide bonds. The predicted molar refractivity (Wildman–Crippen MR) is 122 cm³/mol. The van der Waals surface area contributed by atoms with E-state index in [4.69, 9.17) is 5.14 Å². The first-order valence-corrected chi connectivity index (χ1v) is 12.3. The van der Waals surface area contributed by atoms with E-state index in [1.54, 1.807) is 10.6 Å². The third-order valence-corrected chi connectivity index (χ3v) is 7.36. The fourth-order valence-corrected chi connectivity index (χ4v) is 5.54. The van der Waals surface area contributed by atoms with Crippen molar-refractivity contribution in [3.63, 3.8) is 0 Å². The molecule has 3 N–H and O–H groups in total. The molecule has 1 saturated carbocycles. The summed E-state index contributed by atoms with van der Waals surface area (Å²) in [5, 5.41) is 13.4. The smallest absolute Gasteiger partial charge is 0.324 e. The van der Waals surface area contributed by atoms with Gasteiger partial charge in [0.05, 0.1) is 5.54 Å². The number of primary sulfonamides is 1. The minimum Gasteiger partial charge on any atom is -0.324 e. The molecule has 14 heteroatoms. The van der Waals surface area contributed by atoms with Gasteiger partial charge in [0, 0.05) is 24.3 Å². The number of fused-ring (bicyclic) bond motifs is 4. The third-order valence-electron chi connectivity index (χ3n) is 6.42. The number of hydrogen-bond donors (Lipinski definition) is 2. The number of nitrogens with two attached hydrogens (primary N) is 1. The highest BCUT2D eigenvalue weighted by molar-refractivity contribution is 7.89. The molecule has 186 valence electrons. The van der Waals surface area contributed by atoms with Gasteiger partial charge in [-0.05, 0) is 37.1 Å². The van der Waals surface area contributed by atoms with Crippen molar-refractivity contribution in [3.05, 3.63) is 36.3 Å². The molecule has 1 fully saturated rings. The standard InChI is InChI=1S/C21H21F4N7O2S/c1-31-16-9-12-11-27-19(28-13-5-6-15(14(22)10-13)35(26,33)34)29-17(12)32(16)20(7-3-2-4-8-20)18(30-31)21(23,24)25/h5-6,9-11H,2-4,7-8H2,1H3,(H2,26,33,34)(H,27,28,29). The maximum absolute atomic E-state index is 14.2. The molecule has 0 unspecified atom stereocenters. The molecule has 2 aromatic heterocycles. The topological polar surface area (TPSA) is 118 Å². The number of sulfonamides is 1. The van der Waals surface area contributed by atoms with Crippen molar-refractivity contribution in [1.82, 2.24) is 14.5 Å². The van der Waals surface area contributed by atoms with Crippen LogP contribution in [0, 0.1) is 5.82 Å². The maximum Gasteiger partial charge on any atom is 0.433 e. The van der Waals surface area contributed by atoms with E-state index in [1.807, 2.05) is 0 Å². The average molecular weight is 512 g/mol. The summed E-state index contributed by atoms with van der Waals surface area (Å²) in [6, 6.07) is 4.90. The maximum atomic E-state index is 14.2. The number of benzene rings is 1. The van der Waals surface area contributed by atoms with Crippen molar-refractivity contribution in [2.45, 2.75) is 48.7 Å². The molecule has 1 aliphatic heterocycles. The van der Waals surface area contributed by atoms with Gasteiger partial charge in [-0.15, -0.1) is 0 Å². The van der Waals surface area contributed by atoms with Crippen LogP contribution in [0.4, 0.5) is 35.0 Å². The van der Waals surface area contributed by atoms with Gasteiger partial charge in [0.1, 0.15) is 22.2 Å². The molecule has 9 nitrogen and oxygen atoms in total. The van der Waals surface area contributed by atoms with E-state index in [9.17, 15) is 26.0 Å². The molecule has 0 bridgehead atoms. The van der Waals surface area contributed by atoms with Crippen molar-refractivity contribution in [2.75, 3.05) is 17.4 Å². The summed E-state index contributed by atoms with van der Waals surface area (Å²) < 4.78 is 81.2. The summed E-state index contributed by atoms with van der Waals surface area (Å²) in [5.41, 5.74) is -1.83. The highest BCUT2D eigenvalue weighted by Crippen LogP contribution is 2.48. The first kappa shape index (κ1) is 23.5. The van der Waals surface area contributed by atoms with Crippen LogP contribution < -0.4 is 15.5 Å². The lowest BCUT2D eigenvalue weighted by Gasteiger charge is -2.45. The lowest BCUT2D eigenvalue weighted by molar-refractivity contribution is -0.0685. The van der Waals surface area contributed by atoms with Gasteiger partial charge in [0.25, 0.3) is 0 Å². The number of alkyl halides is 3. The number of nitrogens with one attached hydrogen (secondary N) is 1. The van der Waals surface area contributed by atoms with E-state index < -0.39 is 38.2 Å². The van der Waals surface area contributed by atoms with Crippen LogP contribution in [-0.4, -0.2) is 41.9 Å². The molecule has 1 aromatic carbocycles. The van der Waals surface area contributed by atoms with Gasteiger partial charge in [0.15, 0.2) is 5.71 Å². The number of halogens is 4. The SMILES string of the molecule is CN1N=C(C(F)(F)F)C2(CCCCC2)n2c1cc1cnc(Nc3ccc(S(N)(=O)=O)c(F)c3)nc12. The Morgan fingerprint density at radius 2 is 1.86 bits per heavy atom. The van der Waals surface area contributed by atoms with Crippen molar-refractivity contribution in [2.24, 2.45) is 10.2 Å². The van der Waals surface area contributed by atoms with Gasteiger partial charge < -0.3 is 5.32 Å². The molecule has 0 radical (unpaired) electrons. The van der Waals surface area contributed by atoms with Gasteiger partial charge in [-0.2, -0.15) is 23.3 Å². The Morgan fingerprint density at radius 3 is 2.49 bits per heavy atom. The zero-order valence-corrected chi connectivity index (χ0v) is 19.3. The number of anilines is 3. The van der Waals surface area contributed by atoms with E-state index in [0.717, 1.165) is 18.6 Å². The molecule has 3 heterocycles. The molecule has 5 rings (SSSR count). The number of hydrogen-bond acceptors (Lipinski definition) is 7. The summed E-state index contributed by atoms with van der Waals surface area (Å²) in [5.74, 6) is -0.594. The van der Waals surface area contributed by atoms with E-state index in [2.05, 4.69) is 20.4 Å². The lowest BCUT2D eigenvalue weighted by Crippen LogP contribution is -2.54. The van der Waals surface area contributed by atoms with Crippen LogP contribution in [0.5, 0.6) is 0 Å². The summed E-state index contributed by atoms with van der Waals surface area (Å²) in [4.78, 5) is 8.00. The fraction of sp³-hybridized carbons (Fsp3) is 0.381. The Hall–Kier alpha value is -3.26. The van der Waals surface area contributed by atoms with Crippen molar-refractivity contribution in [1.29, 1.82) is 0 Å². The summed E-state index contributed by atoms with van der Waals surface area (Å²) in [7, 11) is -2.79. The Labute approximate surface area is 197 Å². The molecule has 0 saturated heterocycles. The third kappa shape index (κ3) is 3.89. The zero-order chi connectivity index (χ0) is 25.2. The van der Waals surface area contributed by atoms with Crippen LogP contribution in [0.25, 0.3) is 11.0 Å². The Bertz CT molecular complexity index is 1460. The Balaban J connectivity index is 1.62. The summed E-state index contributed by atoms with van der Waals surface area (Å²) in [6.07, 6.45) is -0.572. The second-order valence-electron chi connectivity index (χ2n) is 8.69. The Kier molecular flexibility index (Phi) is 5.29. The largest absolute Gasteiger partial charge is 0.433 e. The van der Waals surface area contributed by atoms with Crippen LogP contribution in [0.1, 0.15) is 32.1 Å². The normalized spacial score (nSPS) is 18.0. The van der Waals surface area contributed by atoms with Crippen LogP contribution in [0.15, 0.2) is 40.5 Å². The van der Waals surface area contributed by atoms with Crippen molar-refractivity contribution in [3.8, 4) is 0 Å². The molecule has 1 aliphatic carbocycles. The molecular weight excluding hydrogens is 490 g/mol. The van der Waals surface area contributed by atoms with Crippen molar-refractivity contribution >= 4 is 44.2 Å². The molecule has 35 heavy (non-hydrogen) atoms. The first-order valence-electron chi connectivity index (χ1n) is 10.8. The van der Waals surface area contributed by atoms with Gasteiger partial charge >= 0.3 is 6.18 Å². The van der Waals surface area contributed by atoms with Gasteiger partial charge in [0.2, 0.25) is 16.0 Å². The Morgan fingerprint density at radius 1 is 1.14 bits per heavy atom. The van der Waals surface area contributed by atoms with Crippen LogP contribution in [0.3, 0.4) is 0 Å². The second kappa shape index (κ2) is 7.88. The van der Waals surface area contributed by atoms with Crippen LogP contribution in [-0.2, 0) is 15.6 Å². The van der Waals surface area contributed by atoms with Gasteiger partial charge in [-0.25, -0.2) is 22.9 Å². The van der Waals surface area contributed by atoms with E-state index in [1.165, 1.54) is 24.3 Å². The zero-order valence-electron chi connectivity index (χ0n) is 18.5. The molecule has 0 atom stereocenters. The predicted octanol–water partition coefficient (Wildman–Crippen LogP) is 3.99. The fourth-order valence-electron chi connectivity index (χ4n) is 4.95. The summed E-state index contributed by atoms with van der Waals surface area (Å²) >= 11 is 0. The van der Waals surface area contributed by atoms with Crippen LogP contribution >= 0.6 is 0 Å². The van der Waals surface area contributed by atoms with E-state index in [-0.39, 0.29) is 30.1 Å². The van der Waals surface area contributed by atoms with E-state index >= 15 is 0 Å². The molecule has 3 aromatic rings. The first-order chi connectivity index (χ1) is 16.4. The highest BCUT2D eigenvalue weighted by Gasteiger charge is 2.55. The number of aromatic nitrogens is 3. The quantitative estimate of drug-likeness (QED) is 0.514. The molecule has 1 spiro atoms. The monoisotopic (exact) mass is 511 g/mol. The van der Waals surface area contributed by atoms with Crippen LogP contribution in [0.2, 0.25) is 0 Å². The lowest BCUT2D eigenvalue weighted by atomic mass is 9.77.